The van der Waals surface area contributed by atoms with Gasteiger partial charge in [0.2, 0.25) is 5.91 Å². The zero-order valence-electron chi connectivity index (χ0n) is 20.3. The van der Waals surface area contributed by atoms with Crippen LogP contribution in [0.15, 0.2) is 77.6 Å². The summed E-state index contributed by atoms with van der Waals surface area (Å²) in [6, 6.07) is 12.6. The lowest BCUT2D eigenvalue weighted by Crippen LogP contribution is -2.42. The summed E-state index contributed by atoms with van der Waals surface area (Å²) in [5, 5.41) is 3.08. The molecule has 1 aliphatic rings. The number of likely N-dealkylation sites (N-methyl/N-ethyl adjacent to an activating group) is 1. The van der Waals surface area contributed by atoms with Gasteiger partial charge in [-0.2, -0.15) is 13.2 Å². The fourth-order valence-electron chi connectivity index (χ4n) is 3.80. The fourth-order valence-corrected chi connectivity index (χ4v) is 3.80. The third-order valence-electron chi connectivity index (χ3n) is 5.94. The first kappa shape index (κ1) is 26.2. The number of carbonyl (C=O) groups excluding carboxylic acids is 1. The predicted molar refractivity (Wildman–Crippen MR) is 134 cm³/mol. The molecule has 8 heteroatoms. The Hall–Kier alpha value is -3.39. The van der Waals surface area contributed by atoms with Crippen LogP contribution in [-0.2, 0) is 17.5 Å². The first-order valence-electron chi connectivity index (χ1n) is 11.5. The maximum atomic E-state index is 13.2. The molecule has 2 aromatic carbocycles. The molecule has 0 aromatic heterocycles. The number of amidine groups is 1. The van der Waals surface area contributed by atoms with Gasteiger partial charge in [0.15, 0.2) is 0 Å². The Bertz CT molecular complexity index is 1100. The number of nitrogens with zero attached hydrogens (tertiary/aromatic N) is 3. The average Bonchev–Trinajstić information content (AvgIpc) is 2.83. The molecule has 0 saturated heterocycles. The van der Waals surface area contributed by atoms with E-state index in [0.29, 0.717) is 25.2 Å². The van der Waals surface area contributed by atoms with Crippen molar-refractivity contribution < 1.29 is 18.0 Å². The SMILES string of the molecule is C=C1N=C(C)N(CC(=O)N(CCNC)Cc2ccc(-c3ccc(C(F)(F)F)cc3)cc2)C=C1CC. The molecule has 0 bridgehead atoms. The molecule has 3 rings (SSSR count). The summed E-state index contributed by atoms with van der Waals surface area (Å²) >= 11 is 0. The summed E-state index contributed by atoms with van der Waals surface area (Å²) in [6.45, 7) is 9.65. The molecule has 1 aliphatic heterocycles. The maximum absolute atomic E-state index is 13.2. The van der Waals surface area contributed by atoms with Crippen molar-refractivity contribution in [1.29, 1.82) is 0 Å². The van der Waals surface area contributed by atoms with E-state index in [1.165, 1.54) is 12.1 Å². The van der Waals surface area contributed by atoms with Crippen molar-refractivity contribution >= 4 is 11.7 Å². The molecule has 35 heavy (non-hydrogen) atoms. The largest absolute Gasteiger partial charge is 0.416 e. The molecule has 2 aromatic rings. The van der Waals surface area contributed by atoms with Crippen molar-refractivity contribution in [2.45, 2.75) is 33.0 Å². The first-order chi connectivity index (χ1) is 16.6. The molecule has 0 aliphatic carbocycles. The number of allylic oxidation sites excluding steroid dienone is 1. The summed E-state index contributed by atoms with van der Waals surface area (Å²) in [7, 11) is 1.84. The lowest BCUT2D eigenvalue weighted by atomic mass is 10.0. The molecular weight excluding hydrogens is 453 g/mol. The minimum absolute atomic E-state index is 0.0270. The van der Waals surface area contributed by atoms with Crippen LogP contribution in [0, 0.1) is 0 Å². The van der Waals surface area contributed by atoms with Gasteiger partial charge in [-0.1, -0.05) is 49.9 Å². The minimum atomic E-state index is -4.35. The van der Waals surface area contributed by atoms with Crippen molar-refractivity contribution in [2.75, 3.05) is 26.7 Å². The second kappa shape index (κ2) is 11.4. The van der Waals surface area contributed by atoms with Gasteiger partial charge in [-0.25, -0.2) is 4.99 Å². The molecule has 1 heterocycles. The van der Waals surface area contributed by atoms with E-state index < -0.39 is 11.7 Å². The predicted octanol–water partition coefficient (Wildman–Crippen LogP) is 5.46. The summed E-state index contributed by atoms with van der Waals surface area (Å²) in [5.41, 5.74) is 3.52. The summed E-state index contributed by atoms with van der Waals surface area (Å²) in [6.07, 6.45) is -1.63. The van der Waals surface area contributed by atoms with Gasteiger partial charge in [0.25, 0.3) is 0 Å². The van der Waals surface area contributed by atoms with Gasteiger partial charge in [-0.05, 0) is 54.8 Å². The van der Waals surface area contributed by atoms with Crippen molar-refractivity contribution in [3.05, 3.63) is 83.7 Å². The Morgan fingerprint density at radius 1 is 1.09 bits per heavy atom. The van der Waals surface area contributed by atoms with Crippen LogP contribution in [0.4, 0.5) is 13.2 Å². The molecule has 0 unspecified atom stereocenters. The summed E-state index contributed by atoms with van der Waals surface area (Å²) < 4.78 is 38.5. The minimum Gasteiger partial charge on any atom is -0.336 e. The van der Waals surface area contributed by atoms with Gasteiger partial charge in [-0.3, -0.25) is 4.79 Å². The number of benzene rings is 2. The molecule has 1 amide bonds. The monoisotopic (exact) mass is 484 g/mol. The molecule has 5 nitrogen and oxygen atoms in total. The van der Waals surface area contributed by atoms with E-state index in [1.54, 1.807) is 4.90 Å². The highest BCUT2D eigenvalue weighted by Gasteiger charge is 2.30. The molecule has 186 valence electrons. The van der Waals surface area contributed by atoms with E-state index in [2.05, 4.69) is 16.9 Å². The standard InChI is InChI=1S/C27H31F3N4O/c1-5-22-17-34(20(3)32-19(22)2)18-26(35)33(15-14-31-4)16-21-6-8-23(9-7-21)24-10-12-25(13-11-24)27(28,29)30/h6-13,17,31H,2,5,14-16,18H2,1,3-4H3. The molecule has 0 spiro atoms. The van der Waals surface area contributed by atoms with E-state index in [4.69, 9.17) is 0 Å². The van der Waals surface area contributed by atoms with Gasteiger partial charge >= 0.3 is 6.18 Å². The van der Waals surface area contributed by atoms with E-state index in [-0.39, 0.29) is 12.5 Å². The average molecular weight is 485 g/mol. The number of amides is 1. The van der Waals surface area contributed by atoms with Crippen LogP contribution in [0.2, 0.25) is 0 Å². The Labute approximate surface area is 204 Å². The smallest absolute Gasteiger partial charge is 0.336 e. The van der Waals surface area contributed by atoms with Crippen LogP contribution >= 0.6 is 0 Å². The first-order valence-corrected chi connectivity index (χ1v) is 11.5. The van der Waals surface area contributed by atoms with Crippen LogP contribution < -0.4 is 5.32 Å². The highest BCUT2D eigenvalue weighted by atomic mass is 19.4. The molecule has 1 N–H and O–H groups in total. The lowest BCUT2D eigenvalue weighted by Gasteiger charge is -2.29. The van der Waals surface area contributed by atoms with Gasteiger partial charge in [0, 0.05) is 25.8 Å². The van der Waals surface area contributed by atoms with Crippen molar-refractivity contribution in [3.63, 3.8) is 0 Å². The van der Waals surface area contributed by atoms with Crippen LogP contribution in [0.5, 0.6) is 0 Å². The van der Waals surface area contributed by atoms with E-state index in [1.807, 2.05) is 56.3 Å². The third kappa shape index (κ3) is 6.82. The third-order valence-corrected chi connectivity index (χ3v) is 5.94. The van der Waals surface area contributed by atoms with Crippen LogP contribution in [0.25, 0.3) is 11.1 Å². The van der Waals surface area contributed by atoms with Gasteiger partial charge in [0.05, 0.1) is 11.3 Å². The Kier molecular flexibility index (Phi) is 8.51. The van der Waals surface area contributed by atoms with Gasteiger partial charge < -0.3 is 15.1 Å². The number of hydrogen-bond donors (Lipinski definition) is 1. The Morgan fingerprint density at radius 3 is 2.23 bits per heavy atom. The van der Waals surface area contributed by atoms with E-state index >= 15 is 0 Å². The van der Waals surface area contributed by atoms with Gasteiger partial charge in [-0.15, -0.1) is 0 Å². The molecule has 0 saturated carbocycles. The maximum Gasteiger partial charge on any atom is 0.416 e. The highest BCUT2D eigenvalue weighted by molar-refractivity contribution is 5.89. The van der Waals surface area contributed by atoms with Crippen LogP contribution in [0.3, 0.4) is 0 Å². The Morgan fingerprint density at radius 2 is 1.69 bits per heavy atom. The summed E-state index contributed by atoms with van der Waals surface area (Å²) in [4.78, 5) is 21.3. The van der Waals surface area contributed by atoms with Crippen molar-refractivity contribution in [3.8, 4) is 11.1 Å². The second-order valence-electron chi connectivity index (χ2n) is 8.43. The zero-order chi connectivity index (χ0) is 25.6. The number of rotatable bonds is 9. The molecule has 0 atom stereocenters. The molecule has 0 fully saturated rings. The van der Waals surface area contributed by atoms with Crippen LogP contribution in [0.1, 0.15) is 31.4 Å². The quantitative estimate of drug-likeness (QED) is 0.514. The highest BCUT2D eigenvalue weighted by Crippen LogP contribution is 2.31. The molecule has 0 radical (unpaired) electrons. The van der Waals surface area contributed by atoms with Gasteiger partial charge in [0.1, 0.15) is 12.4 Å². The number of nitrogens with one attached hydrogen (secondary N) is 1. The topological polar surface area (TPSA) is 47.9 Å². The molecular formula is C27H31F3N4O. The number of aliphatic imine (C=N–C) groups is 1. The van der Waals surface area contributed by atoms with Crippen molar-refractivity contribution in [2.24, 2.45) is 4.99 Å². The second-order valence-corrected chi connectivity index (χ2v) is 8.43. The van der Waals surface area contributed by atoms with Crippen LogP contribution in [-0.4, -0.2) is 48.2 Å². The summed E-state index contributed by atoms with van der Waals surface area (Å²) in [5.74, 6) is 0.704. The number of carbonyl (C=O) groups is 1. The number of alkyl halides is 3. The number of hydrogen-bond acceptors (Lipinski definition) is 4. The van der Waals surface area contributed by atoms with Crippen molar-refractivity contribution in [1.82, 2.24) is 15.1 Å². The lowest BCUT2D eigenvalue weighted by molar-refractivity contribution is -0.137. The zero-order valence-corrected chi connectivity index (χ0v) is 20.3. The fraction of sp³-hybridized carbons (Fsp3) is 0.333. The van der Waals surface area contributed by atoms with E-state index in [9.17, 15) is 18.0 Å². The number of halogens is 3. The normalized spacial score (nSPS) is 14.0. The van der Waals surface area contributed by atoms with E-state index in [0.717, 1.165) is 46.8 Å². The Balaban J connectivity index is 1.71.